The average Bonchev–Trinajstić information content (AvgIpc) is 2.92. The predicted octanol–water partition coefficient (Wildman–Crippen LogP) is 3.71. The molecule has 1 aromatic heterocycles. The molecule has 0 spiro atoms. The van der Waals surface area contributed by atoms with E-state index in [0.29, 0.717) is 0 Å². The summed E-state index contributed by atoms with van der Waals surface area (Å²) in [6.07, 6.45) is 3.50. The van der Waals surface area contributed by atoms with Gasteiger partial charge < -0.3 is 4.42 Å². The molecule has 0 radical (unpaired) electrons. The molecule has 0 saturated heterocycles. The zero-order chi connectivity index (χ0) is 14.6. The largest absolute Gasteiger partial charge is 0.469 e. The van der Waals surface area contributed by atoms with E-state index in [-0.39, 0.29) is 11.5 Å². The molecule has 108 valence electrons. The van der Waals surface area contributed by atoms with Gasteiger partial charge in [-0.05, 0) is 35.1 Å². The molecule has 0 aliphatic heterocycles. The molecule has 1 aromatic carbocycles. The number of hydrogen-bond acceptors (Lipinski definition) is 3. The van der Waals surface area contributed by atoms with Crippen LogP contribution in [0.4, 0.5) is 0 Å². The molecular formula is C17H24N2O. The van der Waals surface area contributed by atoms with Crippen LogP contribution in [0, 0.1) is 0 Å². The van der Waals surface area contributed by atoms with Crippen molar-refractivity contribution in [3.63, 3.8) is 0 Å². The van der Waals surface area contributed by atoms with Crippen LogP contribution in [-0.2, 0) is 11.8 Å². The van der Waals surface area contributed by atoms with Gasteiger partial charge in [0, 0.05) is 12.5 Å². The third kappa shape index (κ3) is 3.71. The fourth-order valence-electron chi connectivity index (χ4n) is 2.30. The Labute approximate surface area is 121 Å². The Kier molecular flexibility index (Phi) is 4.63. The standard InChI is InChI=1S/C17H24N2O/c1-17(2,3)14-8-6-13(7-9-14)16(19-18)11-10-15-5-4-12-20-15/h4-9,12,16,19H,10-11,18H2,1-3H3. The van der Waals surface area contributed by atoms with Crippen LogP contribution in [0.3, 0.4) is 0 Å². The molecule has 2 aromatic rings. The minimum absolute atomic E-state index is 0.147. The van der Waals surface area contributed by atoms with Crippen LogP contribution in [0.1, 0.15) is 50.1 Å². The van der Waals surface area contributed by atoms with Crippen molar-refractivity contribution in [2.24, 2.45) is 5.84 Å². The molecule has 1 heterocycles. The second kappa shape index (κ2) is 6.25. The van der Waals surface area contributed by atoms with Gasteiger partial charge in [-0.1, -0.05) is 45.0 Å². The second-order valence-electron chi connectivity index (χ2n) is 6.21. The van der Waals surface area contributed by atoms with Gasteiger partial charge in [0.05, 0.1) is 6.26 Å². The fourth-order valence-corrected chi connectivity index (χ4v) is 2.30. The van der Waals surface area contributed by atoms with E-state index in [1.54, 1.807) is 6.26 Å². The fraction of sp³-hybridized carbons (Fsp3) is 0.412. The van der Waals surface area contributed by atoms with Gasteiger partial charge in [0.25, 0.3) is 0 Å². The first-order chi connectivity index (χ1) is 9.50. The Morgan fingerprint density at radius 3 is 2.35 bits per heavy atom. The van der Waals surface area contributed by atoms with Crippen molar-refractivity contribution < 1.29 is 4.42 Å². The van der Waals surface area contributed by atoms with Crippen LogP contribution in [0.15, 0.2) is 47.1 Å². The van der Waals surface area contributed by atoms with E-state index in [1.807, 2.05) is 12.1 Å². The summed E-state index contributed by atoms with van der Waals surface area (Å²) in [5, 5.41) is 0. The van der Waals surface area contributed by atoms with E-state index in [0.717, 1.165) is 18.6 Å². The van der Waals surface area contributed by atoms with Gasteiger partial charge in [-0.25, -0.2) is 0 Å². The van der Waals surface area contributed by atoms with Gasteiger partial charge in [-0.15, -0.1) is 0 Å². The molecule has 3 N–H and O–H groups in total. The molecule has 0 saturated carbocycles. The van der Waals surface area contributed by atoms with E-state index in [4.69, 9.17) is 10.3 Å². The average molecular weight is 272 g/mol. The summed E-state index contributed by atoms with van der Waals surface area (Å²) in [5.41, 5.74) is 5.63. The summed E-state index contributed by atoms with van der Waals surface area (Å²) < 4.78 is 5.36. The van der Waals surface area contributed by atoms with Gasteiger partial charge in [0.2, 0.25) is 0 Å². The quantitative estimate of drug-likeness (QED) is 0.644. The lowest BCUT2D eigenvalue weighted by Gasteiger charge is -2.21. The molecule has 0 aliphatic rings. The topological polar surface area (TPSA) is 51.2 Å². The Bertz CT molecular complexity index is 509. The SMILES string of the molecule is CC(C)(C)c1ccc(C(CCc2ccco2)NN)cc1. The van der Waals surface area contributed by atoms with Gasteiger partial charge in [0.1, 0.15) is 5.76 Å². The molecule has 0 bridgehead atoms. The van der Waals surface area contributed by atoms with Crippen molar-refractivity contribution >= 4 is 0 Å². The molecule has 0 aliphatic carbocycles. The first-order valence-electron chi connectivity index (χ1n) is 7.09. The Morgan fingerprint density at radius 2 is 1.85 bits per heavy atom. The van der Waals surface area contributed by atoms with Crippen molar-refractivity contribution in [1.82, 2.24) is 5.43 Å². The molecule has 0 fully saturated rings. The lowest BCUT2D eigenvalue weighted by Crippen LogP contribution is -2.28. The summed E-state index contributed by atoms with van der Waals surface area (Å²) in [5.74, 6) is 6.68. The predicted molar refractivity (Wildman–Crippen MR) is 82.2 cm³/mol. The number of rotatable bonds is 5. The zero-order valence-electron chi connectivity index (χ0n) is 12.5. The number of nitrogens with one attached hydrogen (secondary N) is 1. The number of hydrazine groups is 1. The monoisotopic (exact) mass is 272 g/mol. The van der Waals surface area contributed by atoms with Crippen molar-refractivity contribution in [2.75, 3.05) is 0 Å². The summed E-state index contributed by atoms with van der Waals surface area (Å²) in [4.78, 5) is 0. The molecule has 3 nitrogen and oxygen atoms in total. The normalized spacial score (nSPS) is 13.4. The van der Waals surface area contributed by atoms with Gasteiger partial charge in [-0.3, -0.25) is 11.3 Å². The van der Waals surface area contributed by atoms with E-state index >= 15 is 0 Å². The Hall–Kier alpha value is -1.58. The molecule has 1 unspecified atom stereocenters. The van der Waals surface area contributed by atoms with Crippen LogP contribution in [0.25, 0.3) is 0 Å². The molecule has 2 rings (SSSR count). The highest BCUT2D eigenvalue weighted by atomic mass is 16.3. The first kappa shape index (κ1) is 14.8. The van der Waals surface area contributed by atoms with Gasteiger partial charge in [0.15, 0.2) is 0 Å². The van der Waals surface area contributed by atoms with Crippen molar-refractivity contribution in [3.05, 3.63) is 59.5 Å². The van der Waals surface area contributed by atoms with Crippen LogP contribution in [-0.4, -0.2) is 0 Å². The smallest absolute Gasteiger partial charge is 0.103 e. The third-order valence-corrected chi connectivity index (χ3v) is 3.64. The van der Waals surface area contributed by atoms with Crippen LogP contribution in [0.5, 0.6) is 0 Å². The van der Waals surface area contributed by atoms with Crippen LogP contribution >= 0.6 is 0 Å². The number of hydrogen-bond donors (Lipinski definition) is 2. The van der Waals surface area contributed by atoms with Crippen molar-refractivity contribution in [1.29, 1.82) is 0 Å². The highest BCUT2D eigenvalue weighted by Gasteiger charge is 2.15. The third-order valence-electron chi connectivity index (χ3n) is 3.64. The molecule has 20 heavy (non-hydrogen) atoms. The number of aryl methyl sites for hydroxylation is 1. The molecule has 3 heteroatoms. The lowest BCUT2D eigenvalue weighted by molar-refractivity contribution is 0.458. The maximum absolute atomic E-state index is 5.69. The van der Waals surface area contributed by atoms with Gasteiger partial charge in [-0.2, -0.15) is 0 Å². The Morgan fingerprint density at radius 1 is 1.15 bits per heavy atom. The lowest BCUT2D eigenvalue weighted by atomic mass is 9.86. The first-order valence-corrected chi connectivity index (χ1v) is 7.09. The molecule has 0 amide bonds. The Balaban J connectivity index is 2.04. The maximum atomic E-state index is 5.69. The van der Waals surface area contributed by atoms with E-state index < -0.39 is 0 Å². The summed E-state index contributed by atoms with van der Waals surface area (Å²) >= 11 is 0. The number of nitrogens with two attached hydrogens (primary N) is 1. The highest BCUT2D eigenvalue weighted by Crippen LogP contribution is 2.25. The van der Waals surface area contributed by atoms with E-state index in [9.17, 15) is 0 Å². The number of furan rings is 1. The number of benzene rings is 1. The van der Waals surface area contributed by atoms with E-state index in [2.05, 4.69) is 50.5 Å². The second-order valence-corrected chi connectivity index (χ2v) is 6.21. The van der Waals surface area contributed by atoms with Gasteiger partial charge >= 0.3 is 0 Å². The highest BCUT2D eigenvalue weighted by molar-refractivity contribution is 5.29. The van der Waals surface area contributed by atoms with Crippen molar-refractivity contribution in [3.8, 4) is 0 Å². The van der Waals surface area contributed by atoms with E-state index in [1.165, 1.54) is 11.1 Å². The molecule has 1 atom stereocenters. The van der Waals surface area contributed by atoms with Crippen LogP contribution in [0.2, 0.25) is 0 Å². The minimum Gasteiger partial charge on any atom is -0.469 e. The van der Waals surface area contributed by atoms with Crippen molar-refractivity contribution in [2.45, 2.75) is 45.1 Å². The maximum Gasteiger partial charge on any atom is 0.103 e. The van der Waals surface area contributed by atoms with Crippen LogP contribution < -0.4 is 11.3 Å². The zero-order valence-corrected chi connectivity index (χ0v) is 12.5. The summed E-state index contributed by atoms with van der Waals surface area (Å²) in [6, 6.07) is 12.8. The summed E-state index contributed by atoms with van der Waals surface area (Å²) in [7, 11) is 0. The molecular weight excluding hydrogens is 248 g/mol. The minimum atomic E-state index is 0.147. The summed E-state index contributed by atoms with van der Waals surface area (Å²) in [6.45, 7) is 6.66.